The van der Waals surface area contributed by atoms with Crippen molar-refractivity contribution in [1.82, 2.24) is 5.32 Å². The van der Waals surface area contributed by atoms with E-state index >= 15 is 0 Å². The lowest BCUT2D eigenvalue weighted by Crippen LogP contribution is -2.15. The maximum Gasteiger partial charge on any atom is 0.224 e. The van der Waals surface area contributed by atoms with Crippen LogP contribution in [0.3, 0.4) is 0 Å². The van der Waals surface area contributed by atoms with Crippen LogP contribution in [0, 0.1) is 0 Å². The molecule has 0 aromatic heterocycles. The van der Waals surface area contributed by atoms with Gasteiger partial charge < -0.3 is 15.4 Å². The second-order valence-corrected chi connectivity index (χ2v) is 5.91. The second kappa shape index (κ2) is 12.1. The van der Waals surface area contributed by atoms with Crippen molar-refractivity contribution >= 4 is 29.8 Å². The minimum Gasteiger partial charge on any atom is -0.494 e. The smallest absolute Gasteiger partial charge is 0.224 e. The summed E-state index contributed by atoms with van der Waals surface area (Å²) in [7, 11) is 0. The average molecular weight is 391 g/mol. The van der Waals surface area contributed by atoms with Crippen LogP contribution in [0.25, 0.3) is 0 Å². The maximum atomic E-state index is 12.2. The highest BCUT2D eigenvalue weighted by atomic mass is 35.5. The van der Waals surface area contributed by atoms with Gasteiger partial charge in [0.05, 0.1) is 6.61 Å². The Bertz CT molecular complexity index is 732. The van der Waals surface area contributed by atoms with Gasteiger partial charge >= 0.3 is 0 Å². The third-order valence-corrected chi connectivity index (χ3v) is 3.86. The topological polar surface area (TPSA) is 67.4 Å². The summed E-state index contributed by atoms with van der Waals surface area (Å²) < 4.78 is 5.36. The van der Waals surface area contributed by atoms with E-state index in [1.165, 1.54) is 0 Å². The lowest BCUT2D eigenvalue weighted by Gasteiger charge is -2.08. The van der Waals surface area contributed by atoms with Gasteiger partial charge in [-0.3, -0.25) is 9.59 Å². The molecular weight excluding hydrogens is 364 g/mol. The van der Waals surface area contributed by atoms with Crippen molar-refractivity contribution in [2.75, 3.05) is 18.5 Å². The number of halogens is 1. The third kappa shape index (κ3) is 7.81. The predicted molar refractivity (Wildman–Crippen MR) is 111 cm³/mol. The fourth-order valence-corrected chi connectivity index (χ4v) is 2.53. The molecule has 2 rings (SSSR count). The molecule has 0 aliphatic heterocycles. The van der Waals surface area contributed by atoms with E-state index in [0.29, 0.717) is 12.2 Å². The van der Waals surface area contributed by atoms with E-state index in [-0.39, 0.29) is 36.9 Å². The quantitative estimate of drug-likeness (QED) is 0.596. The fourth-order valence-electron chi connectivity index (χ4n) is 2.53. The molecular formula is C21H27ClN2O3. The molecule has 0 aliphatic carbocycles. The highest BCUT2D eigenvalue weighted by Crippen LogP contribution is 2.15. The fraction of sp³-hybridized carbons (Fsp3) is 0.333. The molecule has 0 aliphatic rings. The van der Waals surface area contributed by atoms with Crippen molar-refractivity contribution in [2.45, 2.75) is 33.2 Å². The molecule has 0 fully saturated rings. The zero-order chi connectivity index (χ0) is 18.8. The Hall–Kier alpha value is -2.37. The molecule has 146 valence electrons. The molecule has 2 N–H and O–H groups in total. The monoisotopic (exact) mass is 390 g/mol. The van der Waals surface area contributed by atoms with E-state index in [0.717, 1.165) is 30.1 Å². The molecule has 0 unspecified atom stereocenters. The van der Waals surface area contributed by atoms with E-state index in [1.807, 2.05) is 38.1 Å². The first kappa shape index (κ1) is 22.7. The Labute approximate surface area is 166 Å². The van der Waals surface area contributed by atoms with Crippen LogP contribution in [0.15, 0.2) is 48.5 Å². The van der Waals surface area contributed by atoms with Gasteiger partial charge in [-0.2, -0.15) is 0 Å². The Morgan fingerprint density at radius 3 is 2.41 bits per heavy atom. The van der Waals surface area contributed by atoms with Crippen LogP contribution in [0.2, 0.25) is 0 Å². The van der Waals surface area contributed by atoms with Gasteiger partial charge in [0.15, 0.2) is 5.78 Å². The highest BCUT2D eigenvalue weighted by molar-refractivity contribution is 6.00. The van der Waals surface area contributed by atoms with Crippen LogP contribution >= 0.6 is 12.4 Å². The standard InChI is InChI=1S/C21H26N2O3.ClH/c1-3-22-15-16-6-5-7-18(14-16)23-21(25)13-12-20(24)17-8-10-19(11-9-17)26-4-2;/h5-11,14,22H,3-4,12-13,15H2,1-2H3,(H,23,25);1H. The van der Waals surface area contributed by atoms with Crippen molar-refractivity contribution in [3.63, 3.8) is 0 Å². The number of ether oxygens (including phenoxy) is 1. The molecule has 27 heavy (non-hydrogen) atoms. The molecule has 0 spiro atoms. The minimum atomic E-state index is -0.162. The number of carbonyl (C=O) groups excluding carboxylic acids is 2. The number of Topliss-reactive ketones (excluding diaryl/α,β-unsaturated/α-hetero) is 1. The predicted octanol–water partition coefficient (Wildman–Crippen LogP) is 4.22. The third-order valence-electron chi connectivity index (χ3n) is 3.86. The molecule has 2 aromatic carbocycles. The summed E-state index contributed by atoms with van der Waals surface area (Å²) in [5.74, 6) is 0.521. The number of ketones is 1. The van der Waals surface area contributed by atoms with Crippen LogP contribution in [-0.4, -0.2) is 24.8 Å². The summed E-state index contributed by atoms with van der Waals surface area (Å²) in [4.78, 5) is 24.3. The first-order valence-electron chi connectivity index (χ1n) is 8.98. The van der Waals surface area contributed by atoms with Gasteiger partial charge in [0.2, 0.25) is 5.91 Å². The second-order valence-electron chi connectivity index (χ2n) is 5.91. The van der Waals surface area contributed by atoms with Crippen molar-refractivity contribution in [3.05, 3.63) is 59.7 Å². The molecule has 0 atom stereocenters. The Balaban J connectivity index is 0.00000364. The van der Waals surface area contributed by atoms with Gasteiger partial charge in [-0.1, -0.05) is 19.1 Å². The van der Waals surface area contributed by atoms with Crippen molar-refractivity contribution < 1.29 is 14.3 Å². The zero-order valence-corrected chi connectivity index (χ0v) is 16.6. The van der Waals surface area contributed by atoms with Crippen molar-refractivity contribution in [2.24, 2.45) is 0 Å². The summed E-state index contributed by atoms with van der Waals surface area (Å²) in [6.45, 7) is 6.20. The summed E-state index contributed by atoms with van der Waals surface area (Å²) in [6.07, 6.45) is 0.334. The number of anilines is 1. The maximum absolute atomic E-state index is 12.2. The van der Waals surface area contributed by atoms with E-state index in [2.05, 4.69) is 10.6 Å². The van der Waals surface area contributed by atoms with Crippen LogP contribution in [0.4, 0.5) is 5.69 Å². The number of rotatable bonds is 10. The average Bonchev–Trinajstić information content (AvgIpc) is 2.65. The number of carbonyl (C=O) groups is 2. The van der Waals surface area contributed by atoms with Gasteiger partial charge in [-0.15, -0.1) is 12.4 Å². The summed E-state index contributed by atoms with van der Waals surface area (Å²) in [5, 5.41) is 6.10. The molecule has 0 saturated heterocycles. The summed E-state index contributed by atoms with van der Waals surface area (Å²) >= 11 is 0. The van der Waals surface area contributed by atoms with Gasteiger partial charge in [0, 0.05) is 30.6 Å². The largest absolute Gasteiger partial charge is 0.494 e. The molecule has 0 heterocycles. The first-order valence-corrected chi connectivity index (χ1v) is 8.98. The number of benzene rings is 2. The Morgan fingerprint density at radius 1 is 1.00 bits per heavy atom. The summed E-state index contributed by atoms with van der Waals surface area (Å²) in [6, 6.07) is 14.7. The van der Waals surface area contributed by atoms with Gasteiger partial charge in [0.1, 0.15) is 5.75 Å². The summed E-state index contributed by atoms with van der Waals surface area (Å²) in [5.41, 5.74) is 2.45. The molecule has 0 saturated carbocycles. The SMILES string of the molecule is CCNCc1cccc(NC(=O)CCC(=O)c2ccc(OCC)cc2)c1.Cl. The molecule has 0 bridgehead atoms. The first-order chi connectivity index (χ1) is 12.6. The normalized spacial score (nSPS) is 10.0. The lowest BCUT2D eigenvalue weighted by molar-refractivity contribution is -0.116. The van der Waals surface area contributed by atoms with E-state index in [1.54, 1.807) is 24.3 Å². The highest BCUT2D eigenvalue weighted by Gasteiger charge is 2.10. The van der Waals surface area contributed by atoms with Crippen LogP contribution in [-0.2, 0) is 11.3 Å². The molecule has 6 heteroatoms. The van der Waals surface area contributed by atoms with Gasteiger partial charge in [-0.25, -0.2) is 0 Å². The lowest BCUT2D eigenvalue weighted by atomic mass is 10.1. The van der Waals surface area contributed by atoms with Crippen LogP contribution in [0.1, 0.15) is 42.6 Å². The molecule has 2 aromatic rings. The number of hydrogen-bond donors (Lipinski definition) is 2. The van der Waals surface area contributed by atoms with Gasteiger partial charge in [0.25, 0.3) is 0 Å². The van der Waals surface area contributed by atoms with E-state index in [4.69, 9.17) is 4.74 Å². The molecule has 0 radical (unpaired) electrons. The number of amides is 1. The molecule has 1 amide bonds. The van der Waals surface area contributed by atoms with Crippen molar-refractivity contribution in [1.29, 1.82) is 0 Å². The Morgan fingerprint density at radius 2 is 1.74 bits per heavy atom. The molecule has 5 nitrogen and oxygen atoms in total. The van der Waals surface area contributed by atoms with E-state index < -0.39 is 0 Å². The Kier molecular flexibility index (Phi) is 10.2. The van der Waals surface area contributed by atoms with Crippen molar-refractivity contribution in [3.8, 4) is 5.75 Å². The zero-order valence-electron chi connectivity index (χ0n) is 15.8. The number of nitrogens with one attached hydrogen (secondary N) is 2. The minimum absolute atomic E-state index is 0. The van der Waals surface area contributed by atoms with Crippen LogP contribution < -0.4 is 15.4 Å². The van der Waals surface area contributed by atoms with Crippen LogP contribution in [0.5, 0.6) is 5.75 Å². The number of hydrogen-bond acceptors (Lipinski definition) is 4. The van der Waals surface area contributed by atoms with E-state index in [9.17, 15) is 9.59 Å². The van der Waals surface area contributed by atoms with Gasteiger partial charge in [-0.05, 0) is 55.4 Å².